The molecule has 5 aromatic rings. The van der Waals surface area contributed by atoms with Gasteiger partial charge < -0.3 is 9.13 Å². The van der Waals surface area contributed by atoms with Crippen molar-refractivity contribution < 1.29 is 4.79 Å². The maximum atomic E-state index is 13.0. The van der Waals surface area contributed by atoms with E-state index in [2.05, 4.69) is 48.5 Å². The molecule has 0 aliphatic carbocycles. The zero-order valence-electron chi connectivity index (χ0n) is 19.0. The number of hydrogen-bond donors (Lipinski definition) is 1. The van der Waals surface area contributed by atoms with Crippen molar-refractivity contribution in [3.63, 3.8) is 0 Å². The van der Waals surface area contributed by atoms with Crippen LogP contribution in [-0.2, 0) is 13.6 Å². The first-order valence-electron chi connectivity index (χ1n) is 11.3. The molecule has 4 heteroatoms. The van der Waals surface area contributed by atoms with E-state index in [9.17, 15) is 4.79 Å². The molecule has 1 N–H and O–H groups in total. The first kappa shape index (κ1) is 21.4. The van der Waals surface area contributed by atoms with Crippen molar-refractivity contribution in [1.82, 2.24) is 9.13 Å². The number of carbonyl (C=O) groups is 1. The fourth-order valence-corrected chi connectivity index (χ4v) is 4.18. The minimum absolute atomic E-state index is 0.0188. The van der Waals surface area contributed by atoms with Crippen molar-refractivity contribution in [3.8, 4) is 33.5 Å². The number of aromatic nitrogens is 2. The molecule has 166 valence electrons. The van der Waals surface area contributed by atoms with Gasteiger partial charge in [0, 0.05) is 18.8 Å². The van der Waals surface area contributed by atoms with E-state index in [-0.39, 0.29) is 17.9 Å². The van der Waals surface area contributed by atoms with E-state index in [1.165, 1.54) is 5.56 Å². The molecule has 0 atom stereocenters. The topological polar surface area (TPSA) is 50.8 Å². The SMILES string of the molecule is Cn1c(-c2ccc(-c3ccccc3)cc2)cn(CC(=O)c2ccc(-c3ccccc3)cc2)c1=N. The molecule has 1 heterocycles. The Balaban J connectivity index is 1.36. The van der Waals surface area contributed by atoms with Gasteiger partial charge in [0.1, 0.15) is 0 Å². The average Bonchev–Trinajstić information content (AvgIpc) is 3.18. The van der Waals surface area contributed by atoms with Gasteiger partial charge in [-0.3, -0.25) is 10.2 Å². The van der Waals surface area contributed by atoms with Crippen LogP contribution in [0.3, 0.4) is 0 Å². The third-order valence-corrected chi connectivity index (χ3v) is 6.14. The summed E-state index contributed by atoms with van der Waals surface area (Å²) >= 11 is 0. The van der Waals surface area contributed by atoms with E-state index in [1.54, 1.807) is 4.57 Å². The molecule has 0 saturated heterocycles. The Morgan fingerprint density at radius 1 is 0.647 bits per heavy atom. The van der Waals surface area contributed by atoms with Crippen LogP contribution in [0.15, 0.2) is 115 Å². The standard InChI is InChI=1S/C30H25N3O/c1-32-28(26-16-12-24(13-17-26)22-8-4-2-5-9-22)20-33(30(32)31)21-29(34)27-18-14-25(15-19-27)23-10-6-3-7-11-23/h2-20,31H,21H2,1H3. The van der Waals surface area contributed by atoms with E-state index < -0.39 is 0 Å². The third kappa shape index (κ3) is 4.26. The molecule has 5 rings (SSSR count). The van der Waals surface area contributed by atoms with Gasteiger partial charge in [0.15, 0.2) is 5.78 Å². The Morgan fingerprint density at radius 2 is 1.09 bits per heavy atom. The molecular formula is C30H25N3O. The lowest BCUT2D eigenvalue weighted by Crippen LogP contribution is -2.25. The summed E-state index contributed by atoms with van der Waals surface area (Å²) in [5.74, 6) is -0.0188. The van der Waals surface area contributed by atoms with Crippen molar-refractivity contribution in [2.24, 2.45) is 7.05 Å². The average molecular weight is 444 g/mol. The summed E-state index contributed by atoms with van der Waals surface area (Å²) in [7, 11) is 1.86. The van der Waals surface area contributed by atoms with Crippen LogP contribution in [0.1, 0.15) is 10.4 Å². The third-order valence-electron chi connectivity index (χ3n) is 6.14. The molecule has 0 amide bonds. The van der Waals surface area contributed by atoms with Crippen LogP contribution in [0.5, 0.6) is 0 Å². The molecular weight excluding hydrogens is 418 g/mol. The Kier molecular flexibility index (Phi) is 5.79. The predicted molar refractivity (Wildman–Crippen MR) is 136 cm³/mol. The number of hydrogen-bond acceptors (Lipinski definition) is 2. The van der Waals surface area contributed by atoms with E-state index in [0.717, 1.165) is 27.9 Å². The number of carbonyl (C=O) groups excluding carboxylic acids is 1. The van der Waals surface area contributed by atoms with Crippen molar-refractivity contribution >= 4 is 5.78 Å². The molecule has 34 heavy (non-hydrogen) atoms. The maximum absolute atomic E-state index is 13.0. The molecule has 1 aromatic heterocycles. The van der Waals surface area contributed by atoms with Gasteiger partial charge in [0.05, 0.1) is 12.2 Å². The van der Waals surface area contributed by atoms with Gasteiger partial charge in [-0.2, -0.15) is 0 Å². The summed E-state index contributed by atoms with van der Waals surface area (Å²) in [6, 6.07) is 36.3. The monoisotopic (exact) mass is 443 g/mol. The van der Waals surface area contributed by atoms with E-state index in [0.29, 0.717) is 5.56 Å². The smallest absolute Gasteiger partial charge is 0.202 e. The number of rotatable bonds is 6. The zero-order chi connectivity index (χ0) is 23.5. The molecule has 0 bridgehead atoms. The highest BCUT2D eigenvalue weighted by Gasteiger charge is 2.13. The summed E-state index contributed by atoms with van der Waals surface area (Å²) in [5, 5.41) is 8.52. The van der Waals surface area contributed by atoms with Crippen molar-refractivity contribution in [1.29, 1.82) is 5.41 Å². The van der Waals surface area contributed by atoms with Crippen LogP contribution in [0.2, 0.25) is 0 Å². The second kappa shape index (κ2) is 9.20. The van der Waals surface area contributed by atoms with Gasteiger partial charge in [0.25, 0.3) is 0 Å². The summed E-state index contributed by atoms with van der Waals surface area (Å²) in [5.41, 5.74) is 7.35. The Labute approximate surface area is 198 Å². The quantitative estimate of drug-likeness (QED) is 0.313. The lowest BCUT2D eigenvalue weighted by Gasteiger charge is -2.05. The van der Waals surface area contributed by atoms with Crippen LogP contribution in [0.4, 0.5) is 0 Å². The number of imidazole rings is 1. The minimum atomic E-state index is -0.0188. The molecule has 0 unspecified atom stereocenters. The van der Waals surface area contributed by atoms with Crippen molar-refractivity contribution in [3.05, 3.63) is 127 Å². The fourth-order valence-electron chi connectivity index (χ4n) is 4.18. The Morgan fingerprint density at radius 3 is 1.62 bits per heavy atom. The van der Waals surface area contributed by atoms with Crippen molar-refractivity contribution in [2.45, 2.75) is 6.54 Å². The normalized spacial score (nSPS) is 10.9. The number of nitrogens with zero attached hydrogens (tertiary/aromatic N) is 2. The second-order valence-electron chi connectivity index (χ2n) is 8.33. The van der Waals surface area contributed by atoms with E-state index in [4.69, 9.17) is 5.41 Å². The second-order valence-corrected chi connectivity index (χ2v) is 8.33. The lowest BCUT2D eigenvalue weighted by atomic mass is 10.0. The molecule has 0 aliphatic rings. The molecule has 4 aromatic carbocycles. The minimum Gasteiger partial charge on any atom is -0.314 e. The summed E-state index contributed by atoms with van der Waals surface area (Å²) in [6.45, 7) is 0.124. The molecule has 0 aliphatic heterocycles. The van der Waals surface area contributed by atoms with E-state index >= 15 is 0 Å². The van der Waals surface area contributed by atoms with Crippen LogP contribution >= 0.6 is 0 Å². The van der Waals surface area contributed by atoms with Crippen LogP contribution in [-0.4, -0.2) is 14.9 Å². The molecule has 0 radical (unpaired) electrons. The van der Waals surface area contributed by atoms with Gasteiger partial charge in [-0.05, 0) is 27.8 Å². The number of nitrogens with one attached hydrogen (secondary N) is 1. The fraction of sp³-hybridized carbons (Fsp3) is 0.0667. The summed E-state index contributed by atoms with van der Waals surface area (Å²) in [6.07, 6.45) is 1.89. The largest absolute Gasteiger partial charge is 0.314 e. The molecule has 4 nitrogen and oxygen atoms in total. The predicted octanol–water partition coefficient (Wildman–Crippen LogP) is 6.19. The first-order chi connectivity index (χ1) is 16.6. The van der Waals surface area contributed by atoms with Gasteiger partial charge >= 0.3 is 0 Å². The zero-order valence-corrected chi connectivity index (χ0v) is 19.0. The van der Waals surface area contributed by atoms with E-state index in [1.807, 2.05) is 78.5 Å². The van der Waals surface area contributed by atoms with Gasteiger partial charge in [-0.15, -0.1) is 0 Å². The van der Waals surface area contributed by atoms with Crippen LogP contribution in [0, 0.1) is 5.41 Å². The summed E-state index contributed by atoms with van der Waals surface area (Å²) < 4.78 is 3.51. The van der Waals surface area contributed by atoms with Crippen molar-refractivity contribution in [2.75, 3.05) is 0 Å². The molecule has 0 fully saturated rings. The molecule has 0 spiro atoms. The lowest BCUT2D eigenvalue weighted by molar-refractivity contribution is 0.0970. The maximum Gasteiger partial charge on any atom is 0.202 e. The number of ketones is 1. The highest BCUT2D eigenvalue weighted by Crippen LogP contribution is 2.24. The Bertz CT molecular complexity index is 1480. The number of Topliss-reactive ketones (excluding diaryl/α,β-unsaturated/α-hetero) is 1. The number of benzene rings is 4. The Hall–Kier alpha value is -4.44. The first-order valence-corrected chi connectivity index (χ1v) is 11.3. The molecule has 0 saturated carbocycles. The highest BCUT2D eigenvalue weighted by atomic mass is 16.1. The van der Waals surface area contributed by atoms with Gasteiger partial charge in [0.2, 0.25) is 5.62 Å². The van der Waals surface area contributed by atoms with Gasteiger partial charge in [-0.25, -0.2) is 0 Å². The summed E-state index contributed by atoms with van der Waals surface area (Å²) in [4.78, 5) is 13.0. The highest BCUT2D eigenvalue weighted by molar-refractivity contribution is 5.96. The van der Waals surface area contributed by atoms with Crippen LogP contribution < -0.4 is 5.62 Å². The van der Waals surface area contributed by atoms with Crippen LogP contribution in [0.25, 0.3) is 33.5 Å². The van der Waals surface area contributed by atoms with Gasteiger partial charge in [-0.1, -0.05) is 109 Å².